The van der Waals surface area contributed by atoms with Crippen molar-refractivity contribution in [1.82, 2.24) is 15.2 Å². The second-order valence-corrected chi connectivity index (χ2v) is 8.66. The van der Waals surface area contributed by atoms with Gasteiger partial charge in [-0.25, -0.2) is 10.2 Å². The molecule has 0 radical (unpaired) electrons. The SMILES string of the molecule is COc1cc(/C(C)=N/NC(=O)C(C)n2nc(C)c([N+](=O)[O-])c2C)ccc1OC(=O)c1ccccc1Br. The summed E-state index contributed by atoms with van der Waals surface area (Å²) in [6.45, 7) is 6.30. The highest BCUT2D eigenvalue weighted by atomic mass is 79.9. The van der Waals surface area contributed by atoms with E-state index in [0.29, 0.717) is 27.1 Å². The first kappa shape index (κ1) is 26.5. The van der Waals surface area contributed by atoms with Crippen LogP contribution in [-0.2, 0) is 4.79 Å². The van der Waals surface area contributed by atoms with Gasteiger partial charge in [0.1, 0.15) is 17.4 Å². The molecule has 0 aliphatic heterocycles. The van der Waals surface area contributed by atoms with Gasteiger partial charge in [0.05, 0.1) is 23.3 Å². The Hall–Kier alpha value is -4.06. The number of rotatable bonds is 8. The van der Waals surface area contributed by atoms with Crippen LogP contribution in [0.25, 0.3) is 0 Å². The van der Waals surface area contributed by atoms with Gasteiger partial charge >= 0.3 is 11.7 Å². The molecule has 1 N–H and O–H groups in total. The fraction of sp³-hybridized carbons (Fsp3) is 0.250. The van der Waals surface area contributed by atoms with Crippen LogP contribution >= 0.6 is 15.9 Å². The van der Waals surface area contributed by atoms with Crippen LogP contribution in [0.4, 0.5) is 5.69 Å². The second kappa shape index (κ2) is 11.1. The third-order valence-corrected chi connectivity index (χ3v) is 6.12. The molecule has 1 amide bonds. The molecule has 0 bridgehead atoms. The predicted octanol–water partition coefficient (Wildman–Crippen LogP) is 4.50. The summed E-state index contributed by atoms with van der Waals surface area (Å²) in [4.78, 5) is 35.9. The van der Waals surface area contributed by atoms with Crippen LogP contribution in [0, 0.1) is 24.0 Å². The Balaban J connectivity index is 1.75. The normalized spacial score (nSPS) is 12.1. The number of carbonyl (C=O) groups excluding carboxylic acids is 2. The van der Waals surface area contributed by atoms with E-state index in [1.807, 2.05) is 0 Å². The first-order chi connectivity index (χ1) is 17.0. The molecule has 2 aromatic carbocycles. The van der Waals surface area contributed by atoms with Crippen molar-refractivity contribution in [3.63, 3.8) is 0 Å². The number of hydrogen-bond donors (Lipinski definition) is 1. The Morgan fingerprint density at radius 1 is 1.19 bits per heavy atom. The standard InChI is InChI=1S/C24H24BrN5O6/c1-13(26-27-23(31)16(4)29-15(3)22(30(33)34)14(2)28-29)17-10-11-20(21(12-17)35-5)36-24(32)18-8-6-7-9-19(18)25/h6-12,16H,1-5H3,(H,27,31)/b26-13+. The first-order valence-electron chi connectivity index (χ1n) is 10.7. The van der Waals surface area contributed by atoms with Crippen molar-refractivity contribution in [1.29, 1.82) is 0 Å². The number of esters is 1. The van der Waals surface area contributed by atoms with Crippen LogP contribution in [0.3, 0.4) is 0 Å². The molecule has 1 atom stereocenters. The molecule has 0 spiro atoms. The zero-order valence-electron chi connectivity index (χ0n) is 20.2. The number of carbonyl (C=O) groups is 2. The quantitative estimate of drug-likeness (QED) is 0.141. The number of aryl methyl sites for hydroxylation is 1. The molecule has 0 saturated carbocycles. The van der Waals surface area contributed by atoms with Crippen LogP contribution in [0.5, 0.6) is 11.5 Å². The molecule has 11 nitrogen and oxygen atoms in total. The van der Waals surface area contributed by atoms with E-state index in [4.69, 9.17) is 9.47 Å². The number of halogens is 1. The summed E-state index contributed by atoms with van der Waals surface area (Å²) in [5.74, 6) is -0.527. The van der Waals surface area contributed by atoms with E-state index in [1.54, 1.807) is 56.3 Å². The highest BCUT2D eigenvalue weighted by molar-refractivity contribution is 9.10. The molecular formula is C24H24BrN5O6. The lowest BCUT2D eigenvalue weighted by atomic mass is 10.1. The Bertz CT molecular complexity index is 1370. The van der Waals surface area contributed by atoms with Crippen LogP contribution in [0.2, 0.25) is 0 Å². The van der Waals surface area contributed by atoms with Crippen molar-refractivity contribution in [2.24, 2.45) is 5.10 Å². The highest BCUT2D eigenvalue weighted by Gasteiger charge is 2.27. The third kappa shape index (κ3) is 5.60. The van der Waals surface area contributed by atoms with E-state index in [0.717, 1.165) is 0 Å². The molecule has 188 valence electrons. The summed E-state index contributed by atoms with van der Waals surface area (Å²) in [6.07, 6.45) is 0. The number of nitro groups is 1. The van der Waals surface area contributed by atoms with Crippen LogP contribution in [0.1, 0.15) is 47.2 Å². The van der Waals surface area contributed by atoms with E-state index < -0.39 is 22.8 Å². The predicted molar refractivity (Wildman–Crippen MR) is 136 cm³/mol. The van der Waals surface area contributed by atoms with Crippen molar-refractivity contribution in [2.45, 2.75) is 33.7 Å². The largest absolute Gasteiger partial charge is 0.493 e. The summed E-state index contributed by atoms with van der Waals surface area (Å²) < 4.78 is 12.8. The van der Waals surface area contributed by atoms with Crippen molar-refractivity contribution in [3.8, 4) is 11.5 Å². The van der Waals surface area contributed by atoms with E-state index >= 15 is 0 Å². The lowest BCUT2D eigenvalue weighted by molar-refractivity contribution is -0.386. The van der Waals surface area contributed by atoms with Gasteiger partial charge in [-0.1, -0.05) is 12.1 Å². The van der Waals surface area contributed by atoms with Crippen LogP contribution < -0.4 is 14.9 Å². The Labute approximate surface area is 215 Å². The number of nitrogens with one attached hydrogen (secondary N) is 1. The fourth-order valence-electron chi connectivity index (χ4n) is 3.46. The van der Waals surface area contributed by atoms with Gasteiger partial charge in [-0.15, -0.1) is 0 Å². The Morgan fingerprint density at radius 3 is 2.50 bits per heavy atom. The first-order valence-corrected chi connectivity index (χ1v) is 11.5. The van der Waals surface area contributed by atoms with Gasteiger partial charge in [-0.05, 0) is 74.0 Å². The topological polar surface area (TPSA) is 138 Å². The van der Waals surface area contributed by atoms with Gasteiger partial charge in [-0.3, -0.25) is 19.6 Å². The summed E-state index contributed by atoms with van der Waals surface area (Å²) in [5, 5.41) is 19.5. The molecule has 3 rings (SSSR count). The molecule has 0 saturated heterocycles. The number of benzene rings is 2. The smallest absolute Gasteiger partial charge is 0.344 e. The van der Waals surface area contributed by atoms with E-state index in [2.05, 4.69) is 31.6 Å². The lowest BCUT2D eigenvalue weighted by Gasteiger charge is -2.13. The average molecular weight is 558 g/mol. The molecular weight excluding hydrogens is 534 g/mol. The maximum Gasteiger partial charge on any atom is 0.344 e. The van der Waals surface area contributed by atoms with Crippen LogP contribution in [-0.4, -0.2) is 39.4 Å². The minimum atomic E-state index is -0.831. The number of aromatic nitrogens is 2. The molecule has 36 heavy (non-hydrogen) atoms. The molecule has 1 unspecified atom stereocenters. The van der Waals surface area contributed by atoms with Gasteiger partial charge < -0.3 is 9.47 Å². The van der Waals surface area contributed by atoms with Crippen molar-refractivity contribution >= 4 is 39.2 Å². The monoisotopic (exact) mass is 557 g/mol. The van der Waals surface area contributed by atoms with Gasteiger partial charge in [0.2, 0.25) is 0 Å². The van der Waals surface area contributed by atoms with Gasteiger partial charge in [0, 0.05) is 10.0 Å². The van der Waals surface area contributed by atoms with Crippen molar-refractivity contribution < 1.29 is 24.0 Å². The number of hydrogen-bond acceptors (Lipinski definition) is 8. The lowest BCUT2D eigenvalue weighted by Crippen LogP contribution is -2.29. The third-order valence-electron chi connectivity index (χ3n) is 5.43. The summed E-state index contributed by atoms with van der Waals surface area (Å²) in [7, 11) is 1.44. The molecule has 0 aliphatic carbocycles. The minimum absolute atomic E-state index is 0.123. The maximum absolute atomic E-state index is 12.6. The van der Waals surface area contributed by atoms with E-state index in [9.17, 15) is 19.7 Å². The van der Waals surface area contributed by atoms with Gasteiger partial charge in [0.15, 0.2) is 11.5 Å². The van der Waals surface area contributed by atoms with Crippen molar-refractivity contribution in [2.75, 3.05) is 7.11 Å². The van der Waals surface area contributed by atoms with E-state index in [-0.39, 0.29) is 22.8 Å². The minimum Gasteiger partial charge on any atom is -0.493 e. The zero-order chi connectivity index (χ0) is 26.6. The number of ether oxygens (including phenoxy) is 2. The number of amides is 1. The number of hydrazone groups is 1. The molecule has 1 aromatic heterocycles. The number of methoxy groups -OCH3 is 1. The number of nitrogens with zero attached hydrogens (tertiary/aromatic N) is 4. The molecule has 0 aliphatic rings. The maximum atomic E-state index is 12.6. The van der Waals surface area contributed by atoms with Gasteiger partial charge in [0.25, 0.3) is 5.91 Å². The van der Waals surface area contributed by atoms with E-state index in [1.165, 1.54) is 25.6 Å². The Morgan fingerprint density at radius 2 is 1.89 bits per heavy atom. The Kier molecular flexibility index (Phi) is 8.20. The molecule has 0 fully saturated rings. The van der Waals surface area contributed by atoms with Crippen molar-refractivity contribution in [3.05, 3.63) is 79.6 Å². The molecule has 1 heterocycles. The fourth-order valence-corrected chi connectivity index (χ4v) is 3.91. The summed E-state index contributed by atoms with van der Waals surface area (Å²) in [6, 6.07) is 10.9. The average Bonchev–Trinajstić information content (AvgIpc) is 3.15. The molecule has 12 heteroatoms. The molecule has 3 aromatic rings. The summed E-state index contributed by atoms with van der Waals surface area (Å²) in [5.41, 5.74) is 4.28. The highest BCUT2D eigenvalue weighted by Crippen LogP contribution is 2.30. The second-order valence-electron chi connectivity index (χ2n) is 7.81. The zero-order valence-corrected chi connectivity index (χ0v) is 21.8. The van der Waals surface area contributed by atoms with Gasteiger partial charge in [-0.2, -0.15) is 10.2 Å². The summed E-state index contributed by atoms with van der Waals surface area (Å²) >= 11 is 3.33. The van der Waals surface area contributed by atoms with Crippen LogP contribution in [0.15, 0.2) is 52.0 Å².